The molecule has 0 fully saturated rings. The van der Waals surface area contributed by atoms with E-state index < -0.39 is 5.97 Å². The zero-order valence-electron chi connectivity index (χ0n) is 13.7. The monoisotopic (exact) mass is 330 g/mol. The van der Waals surface area contributed by atoms with Crippen LogP contribution in [0.15, 0.2) is 42.5 Å². The van der Waals surface area contributed by atoms with Crippen LogP contribution >= 0.6 is 0 Å². The van der Waals surface area contributed by atoms with Crippen molar-refractivity contribution in [3.05, 3.63) is 48.0 Å². The van der Waals surface area contributed by atoms with Crippen LogP contribution in [0.5, 0.6) is 23.0 Å². The standard InChI is InChI=1S/C18H18O6/c1-12(19)13-4-9-16(17(10-13)22-3)23-11-18(20)24-15-7-5-14(21-2)6-8-15/h4-10H,11H2,1-3H3. The molecule has 2 rings (SSSR count). The summed E-state index contributed by atoms with van der Waals surface area (Å²) in [7, 11) is 3.02. The fraction of sp³-hybridized carbons (Fsp3) is 0.222. The smallest absolute Gasteiger partial charge is 0.349 e. The predicted molar refractivity (Wildman–Crippen MR) is 87.1 cm³/mol. The second-order valence-electron chi connectivity index (χ2n) is 4.86. The van der Waals surface area contributed by atoms with Gasteiger partial charge in [-0.15, -0.1) is 0 Å². The van der Waals surface area contributed by atoms with Crippen LogP contribution in [0.3, 0.4) is 0 Å². The van der Waals surface area contributed by atoms with Gasteiger partial charge in [-0.1, -0.05) is 0 Å². The molecular formula is C18H18O6. The maximum atomic E-state index is 11.8. The summed E-state index contributed by atoms with van der Waals surface area (Å²) in [6, 6.07) is 11.4. The van der Waals surface area contributed by atoms with E-state index in [1.54, 1.807) is 49.6 Å². The SMILES string of the molecule is COc1ccc(OC(=O)COc2ccc(C(C)=O)cc2OC)cc1. The van der Waals surface area contributed by atoms with Crippen LogP contribution in [-0.2, 0) is 4.79 Å². The summed E-state index contributed by atoms with van der Waals surface area (Å²) in [5.41, 5.74) is 0.500. The van der Waals surface area contributed by atoms with Gasteiger partial charge in [0.25, 0.3) is 0 Å². The molecule has 0 heterocycles. The lowest BCUT2D eigenvalue weighted by atomic mass is 10.1. The van der Waals surface area contributed by atoms with Gasteiger partial charge in [0.1, 0.15) is 11.5 Å². The first-order valence-corrected chi connectivity index (χ1v) is 7.20. The molecule has 0 aliphatic rings. The van der Waals surface area contributed by atoms with Crippen molar-refractivity contribution in [1.82, 2.24) is 0 Å². The van der Waals surface area contributed by atoms with Crippen molar-refractivity contribution in [2.45, 2.75) is 6.92 Å². The lowest BCUT2D eigenvalue weighted by Crippen LogP contribution is -2.18. The number of Topliss-reactive ketones (excluding diaryl/α,β-unsaturated/α-hetero) is 1. The van der Waals surface area contributed by atoms with Gasteiger partial charge in [-0.05, 0) is 49.4 Å². The first kappa shape index (κ1) is 17.3. The summed E-state index contributed by atoms with van der Waals surface area (Å²) in [6.07, 6.45) is 0. The number of ketones is 1. The van der Waals surface area contributed by atoms with Gasteiger partial charge in [0.2, 0.25) is 0 Å². The zero-order chi connectivity index (χ0) is 17.5. The second-order valence-corrected chi connectivity index (χ2v) is 4.86. The number of ether oxygens (including phenoxy) is 4. The Balaban J connectivity index is 1.96. The Labute approximate surface area is 139 Å². The summed E-state index contributed by atoms with van der Waals surface area (Å²) in [5, 5.41) is 0. The summed E-state index contributed by atoms with van der Waals surface area (Å²) < 4.78 is 20.8. The molecule has 0 aliphatic heterocycles. The van der Waals surface area contributed by atoms with E-state index in [0.717, 1.165) is 0 Å². The minimum Gasteiger partial charge on any atom is -0.497 e. The number of esters is 1. The average molecular weight is 330 g/mol. The van der Waals surface area contributed by atoms with E-state index in [1.807, 2.05) is 0 Å². The van der Waals surface area contributed by atoms with Crippen molar-refractivity contribution in [1.29, 1.82) is 0 Å². The van der Waals surface area contributed by atoms with Crippen molar-refractivity contribution in [3.8, 4) is 23.0 Å². The van der Waals surface area contributed by atoms with Crippen molar-refractivity contribution < 1.29 is 28.5 Å². The third-order valence-corrected chi connectivity index (χ3v) is 3.21. The van der Waals surface area contributed by atoms with Crippen molar-refractivity contribution in [3.63, 3.8) is 0 Å². The van der Waals surface area contributed by atoms with Crippen LogP contribution in [0.25, 0.3) is 0 Å². The van der Waals surface area contributed by atoms with Gasteiger partial charge in [0, 0.05) is 5.56 Å². The Morgan fingerprint density at radius 2 is 1.54 bits per heavy atom. The fourth-order valence-electron chi connectivity index (χ4n) is 1.95. The third kappa shape index (κ3) is 4.49. The molecule has 0 atom stereocenters. The normalized spacial score (nSPS) is 9.96. The first-order valence-electron chi connectivity index (χ1n) is 7.20. The molecule has 0 saturated carbocycles. The summed E-state index contributed by atoms with van der Waals surface area (Å²) in [6.45, 7) is 1.17. The highest BCUT2D eigenvalue weighted by atomic mass is 16.6. The largest absolute Gasteiger partial charge is 0.497 e. The highest BCUT2D eigenvalue weighted by Crippen LogP contribution is 2.28. The number of methoxy groups -OCH3 is 2. The number of carbonyl (C=O) groups excluding carboxylic acids is 2. The molecule has 6 nitrogen and oxygen atoms in total. The second kappa shape index (κ2) is 8.01. The molecule has 2 aromatic rings. The van der Waals surface area contributed by atoms with Gasteiger partial charge in [-0.25, -0.2) is 4.79 Å². The zero-order valence-corrected chi connectivity index (χ0v) is 13.7. The number of hydrogen-bond acceptors (Lipinski definition) is 6. The lowest BCUT2D eigenvalue weighted by Gasteiger charge is -2.11. The number of hydrogen-bond donors (Lipinski definition) is 0. The topological polar surface area (TPSA) is 71.1 Å². The third-order valence-electron chi connectivity index (χ3n) is 3.21. The van der Waals surface area contributed by atoms with Crippen molar-refractivity contribution in [2.24, 2.45) is 0 Å². The Bertz CT molecular complexity index is 721. The van der Waals surface area contributed by atoms with Gasteiger partial charge in [-0.3, -0.25) is 4.79 Å². The summed E-state index contributed by atoms with van der Waals surface area (Å²) in [4.78, 5) is 23.2. The molecule has 24 heavy (non-hydrogen) atoms. The van der Waals surface area contributed by atoms with Gasteiger partial charge in [0.15, 0.2) is 23.9 Å². The maximum Gasteiger partial charge on any atom is 0.349 e. The molecule has 0 N–H and O–H groups in total. The van der Waals surface area contributed by atoms with Gasteiger partial charge >= 0.3 is 5.97 Å². The molecule has 0 spiro atoms. The molecule has 0 aliphatic carbocycles. The minimum atomic E-state index is -0.558. The van der Waals surface area contributed by atoms with Gasteiger partial charge in [-0.2, -0.15) is 0 Å². The summed E-state index contributed by atoms with van der Waals surface area (Å²) in [5.74, 6) is 1.15. The van der Waals surface area contributed by atoms with Crippen molar-refractivity contribution in [2.75, 3.05) is 20.8 Å². The van der Waals surface area contributed by atoms with E-state index in [9.17, 15) is 9.59 Å². The van der Waals surface area contributed by atoms with Crippen LogP contribution < -0.4 is 18.9 Å². The molecule has 126 valence electrons. The van der Waals surface area contributed by atoms with E-state index in [0.29, 0.717) is 28.6 Å². The molecule has 0 unspecified atom stereocenters. The molecule has 0 aromatic heterocycles. The number of carbonyl (C=O) groups is 2. The van der Waals surface area contributed by atoms with Gasteiger partial charge < -0.3 is 18.9 Å². The molecular weight excluding hydrogens is 312 g/mol. The van der Waals surface area contributed by atoms with Gasteiger partial charge in [0.05, 0.1) is 14.2 Å². The first-order chi connectivity index (χ1) is 11.5. The summed E-state index contributed by atoms with van der Waals surface area (Å²) >= 11 is 0. The number of benzene rings is 2. The Kier molecular flexibility index (Phi) is 5.78. The number of rotatable bonds is 7. The minimum absolute atomic E-state index is 0.0845. The van der Waals surface area contributed by atoms with E-state index in [-0.39, 0.29) is 12.4 Å². The van der Waals surface area contributed by atoms with Crippen LogP contribution in [0.1, 0.15) is 17.3 Å². The lowest BCUT2D eigenvalue weighted by molar-refractivity contribution is -0.136. The highest BCUT2D eigenvalue weighted by molar-refractivity contribution is 5.94. The molecule has 0 saturated heterocycles. The average Bonchev–Trinajstić information content (AvgIpc) is 2.60. The molecule has 2 aromatic carbocycles. The molecule has 6 heteroatoms. The van der Waals surface area contributed by atoms with Crippen LogP contribution in [-0.4, -0.2) is 32.6 Å². The Morgan fingerprint density at radius 3 is 2.12 bits per heavy atom. The Hall–Kier alpha value is -3.02. The molecule has 0 amide bonds. The fourth-order valence-corrected chi connectivity index (χ4v) is 1.95. The highest BCUT2D eigenvalue weighted by Gasteiger charge is 2.11. The van der Waals surface area contributed by atoms with Crippen LogP contribution in [0.2, 0.25) is 0 Å². The van der Waals surface area contributed by atoms with E-state index in [4.69, 9.17) is 18.9 Å². The molecule has 0 bridgehead atoms. The van der Waals surface area contributed by atoms with E-state index in [2.05, 4.69) is 0 Å². The maximum absolute atomic E-state index is 11.8. The van der Waals surface area contributed by atoms with Crippen molar-refractivity contribution >= 4 is 11.8 Å². The molecule has 0 radical (unpaired) electrons. The van der Waals surface area contributed by atoms with E-state index >= 15 is 0 Å². The van der Waals surface area contributed by atoms with Crippen LogP contribution in [0, 0.1) is 0 Å². The quantitative estimate of drug-likeness (QED) is 0.442. The van der Waals surface area contributed by atoms with Crippen LogP contribution in [0.4, 0.5) is 0 Å². The Morgan fingerprint density at radius 1 is 0.875 bits per heavy atom. The van der Waals surface area contributed by atoms with E-state index in [1.165, 1.54) is 14.0 Å². The predicted octanol–water partition coefficient (Wildman–Crippen LogP) is 2.89.